The maximum absolute atomic E-state index is 12.4. The summed E-state index contributed by atoms with van der Waals surface area (Å²) in [7, 11) is 0. The lowest BCUT2D eigenvalue weighted by Crippen LogP contribution is -2.41. The third-order valence-corrected chi connectivity index (χ3v) is 9.84. The number of thiophene rings is 1. The van der Waals surface area contributed by atoms with Gasteiger partial charge in [0.2, 0.25) is 0 Å². The maximum atomic E-state index is 12.4. The first-order valence-electron chi connectivity index (χ1n) is 14.5. The molecule has 1 aromatic carbocycles. The summed E-state index contributed by atoms with van der Waals surface area (Å²) in [4.78, 5) is 36.2. The highest BCUT2D eigenvalue weighted by molar-refractivity contribution is 7.10. The van der Waals surface area contributed by atoms with E-state index in [0.29, 0.717) is 37.2 Å². The lowest BCUT2D eigenvalue weighted by molar-refractivity contribution is 0.0694. The predicted octanol–water partition coefficient (Wildman–Crippen LogP) is 4.89. The standard InChI is InChI=1S/C31H39N7O2S/c1-23-4-15-41-27(23)19-36-12-5-31(6-13-36)7-14-37(22-31)18-25-3-2-24(16-26(25)30(39)40)17-38(20-28-32-8-9-33-28)21-29-34-10-11-35-29/h2-4,8-11,15-16H,5-7,12-14,17-22H2,1H3,(H,32,33)(H,34,35)(H,39,40). The molecule has 2 saturated heterocycles. The molecule has 3 aromatic heterocycles. The fourth-order valence-electron chi connectivity index (χ4n) is 6.44. The van der Waals surface area contributed by atoms with Gasteiger partial charge in [0.1, 0.15) is 11.6 Å². The number of rotatable bonds is 11. The van der Waals surface area contributed by atoms with Crippen molar-refractivity contribution in [2.24, 2.45) is 5.41 Å². The highest BCUT2D eigenvalue weighted by Crippen LogP contribution is 2.41. The number of carboxylic acids is 1. The van der Waals surface area contributed by atoms with Crippen LogP contribution in [0.3, 0.4) is 0 Å². The average molecular weight is 574 g/mol. The van der Waals surface area contributed by atoms with Crippen LogP contribution in [-0.2, 0) is 32.7 Å². The average Bonchev–Trinajstić information content (AvgIpc) is 3.78. The van der Waals surface area contributed by atoms with Crippen molar-refractivity contribution in [3.05, 3.63) is 93.2 Å². The first kappa shape index (κ1) is 27.8. The SMILES string of the molecule is Cc1ccsc1CN1CCC2(CC1)CCN(Cc1ccc(CN(Cc3ncc[nH]3)Cc3ncc[nH]3)cc1C(=O)O)C2. The Kier molecular flexibility index (Phi) is 8.34. The van der Waals surface area contributed by atoms with Crippen LogP contribution in [0.5, 0.6) is 0 Å². The number of aromatic amines is 2. The summed E-state index contributed by atoms with van der Waals surface area (Å²) < 4.78 is 0. The number of benzene rings is 1. The van der Waals surface area contributed by atoms with Crippen LogP contribution in [0.1, 0.15) is 62.8 Å². The molecule has 0 atom stereocenters. The van der Waals surface area contributed by atoms with Crippen molar-refractivity contribution in [1.29, 1.82) is 0 Å². The lowest BCUT2D eigenvalue weighted by atomic mass is 9.78. The molecule has 0 bridgehead atoms. The molecule has 5 heterocycles. The Balaban J connectivity index is 1.08. The van der Waals surface area contributed by atoms with Gasteiger partial charge < -0.3 is 15.1 Å². The van der Waals surface area contributed by atoms with Crippen LogP contribution in [0, 0.1) is 12.3 Å². The Labute approximate surface area is 245 Å². The highest BCUT2D eigenvalue weighted by atomic mass is 32.1. The van der Waals surface area contributed by atoms with Gasteiger partial charge in [-0.05, 0) is 85.4 Å². The van der Waals surface area contributed by atoms with Crippen molar-refractivity contribution in [2.75, 3.05) is 26.2 Å². The molecule has 41 heavy (non-hydrogen) atoms. The number of nitrogens with zero attached hydrogens (tertiary/aromatic N) is 5. The number of imidazole rings is 2. The van der Waals surface area contributed by atoms with Crippen LogP contribution in [-0.4, -0.2) is 71.9 Å². The summed E-state index contributed by atoms with van der Waals surface area (Å²) >= 11 is 1.87. The van der Waals surface area contributed by atoms with Gasteiger partial charge in [-0.3, -0.25) is 14.7 Å². The molecule has 2 fully saturated rings. The fraction of sp³-hybridized carbons (Fsp3) is 0.452. The maximum Gasteiger partial charge on any atom is 0.336 e. The summed E-state index contributed by atoms with van der Waals surface area (Å²) in [5.41, 5.74) is 4.04. The zero-order chi connectivity index (χ0) is 28.2. The molecule has 0 unspecified atom stereocenters. The topological polar surface area (TPSA) is 104 Å². The number of hydrogen-bond acceptors (Lipinski definition) is 7. The third-order valence-electron chi connectivity index (χ3n) is 8.83. The van der Waals surface area contributed by atoms with Gasteiger partial charge in [-0.15, -0.1) is 11.3 Å². The largest absolute Gasteiger partial charge is 0.478 e. The van der Waals surface area contributed by atoms with Crippen LogP contribution in [0.25, 0.3) is 0 Å². The Morgan fingerprint density at radius 2 is 1.66 bits per heavy atom. The van der Waals surface area contributed by atoms with E-state index in [1.165, 1.54) is 29.7 Å². The molecule has 0 radical (unpaired) electrons. The second-order valence-electron chi connectivity index (χ2n) is 11.8. The van der Waals surface area contributed by atoms with E-state index in [-0.39, 0.29) is 0 Å². The molecule has 0 saturated carbocycles. The van der Waals surface area contributed by atoms with Crippen molar-refractivity contribution >= 4 is 17.3 Å². The summed E-state index contributed by atoms with van der Waals surface area (Å²) in [5, 5.41) is 12.3. The Morgan fingerprint density at radius 1 is 0.976 bits per heavy atom. The van der Waals surface area contributed by atoms with Crippen LogP contribution in [0.2, 0.25) is 0 Å². The number of likely N-dealkylation sites (tertiary alicyclic amines) is 2. The van der Waals surface area contributed by atoms with Crippen molar-refractivity contribution in [1.82, 2.24) is 34.6 Å². The minimum absolute atomic E-state index is 0.364. The molecule has 216 valence electrons. The zero-order valence-electron chi connectivity index (χ0n) is 23.7. The predicted molar refractivity (Wildman–Crippen MR) is 159 cm³/mol. The van der Waals surface area contributed by atoms with Crippen LogP contribution < -0.4 is 0 Å². The van der Waals surface area contributed by atoms with Gasteiger partial charge in [-0.2, -0.15) is 0 Å². The van der Waals surface area contributed by atoms with Gasteiger partial charge in [-0.1, -0.05) is 12.1 Å². The molecule has 0 amide bonds. The normalized spacial score (nSPS) is 17.6. The molecule has 9 nitrogen and oxygen atoms in total. The first-order chi connectivity index (χ1) is 19.9. The van der Waals surface area contributed by atoms with Crippen molar-refractivity contribution < 1.29 is 9.90 Å². The molecule has 10 heteroatoms. The third kappa shape index (κ3) is 6.78. The molecule has 2 aliphatic rings. The van der Waals surface area contributed by atoms with E-state index in [9.17, 15) is 9.90 Å². The molecule has 0 aliphatic carbocycles. The van der Waals surface area contributed by atoms with Gasteiger partial charge in [0, 0.05) is 55.8 Å². The lowest BCUT2D eigenvalue weighted by Gasteiger charge is -2.39. The summed E-state index contributed by atoms with van der Waals surface area (Å²) in [5.74, 6) is 0.862. The smallest absolute Gasteiger partial charge is 0.336 e. The quantitative estimate of drug-likeness (QED) is 0.235. The number of H-pyrrole nitrogens is 2. The van der Waals surface area contributed by atoms with Crippen molar-refractivity contribution in [3.8, 4) is 0 Å². The minimum atomic E-state index is -0.864. The molecular weight excluding hydrogens is 534 g/mol. The highest BCUT2D eigenvalue weighted by Gasteiger charge is 2.40. The number of carbonyl (C=O) groups is 1. The zero-order valence-corrected chi connectivity index (χ0v) is 24.5. The summed E-state index contributed by atoms with van der Waals surface area (Å²) in [6.07, 6.45) is 10.8. The fourth-order valence-corrected chi connectivity index (χ4v) is 7.39. The Bertz CT molecular complexity index is 1390. The molecular formula is C31H39N7O2S. The van der Waals surface area contributed by atoms with Crippen LogP contribution in [0.15, 0.2) is 54.4 Å². The van der Waals surface area contributed by atoms with Gasteiger partial charge in [0.05, 0.1) is 18.7 Å². The number of nitrogens with one attached hydrogen (secondary N) is 2. The number of hydrogen-bond donors (Lipinski definition) is 3. The molecule has 3 N–H and O–H groups in total. The van der Waals surface area contributed by atoms with Crippen LogP contribution in [0.4, 0.5) is 0 Å². The molecule has 1 spiro atoms. The van der Waals surface area contributed by atoms with Crippen molar-refractivity contribution in [3.63, 3.8) is 0 Å². The molecule has 2 aliphatic heterocycles. The number of aryl methyl sites for hydroxylation is 1. The number of aromatic carboxylic acids is 1. The monoisotopic (exact) mass is 573 g/mol. The van der Waals surface area contributed by atoms with Gasteiger partial charge in [0.25, 0.3) is 0 Å². The Morgan fingerprint density at radius 3 is 2.24 bits per heavy atom. The van der Waals surface area contributed by atoms with E-state index in [4.69, 9.17) is 0 Å². The van der Waals surface area contributed by atoms with E-state index in [1.807, 2.05) is 35.9 Å². The summed E-state index contributed by atoms with van der Waals surface area (Å²) in [6.45, 7) is 10.2. The Hall–Kier alpha value is -3.31. The minimum Gasteiger partial charge on any atom is -0.478 e. The van der Waals surface area contributed by atoms with Gasteiger partial charge in [-0.25, -0.2) is 14.8 Å². The second-order valence-corrected chi connectivity index (χ2v) is 12.8. The van der Waals surface area contributed by atoms with E-state index in [0.717, 1.165) is 55.5 Å². The molecule has 6 rings (SSSR count). The van der Waals surface area contributed by atoms with E-state index >= 15 is 0 Å². The number of carboxylic acid groups (broad SMARTS) is 1. The second kappa shape index (κ2) is 12.3. The van der Waals surface area contributed by atoms with E-state index in [1.54, 1.807) is 12.4 Å². The van der Waals surface area contributed by atoms with Gasteiger partial charge >= 0.3 is 5.97 Å². The van der Waals surface area contributed by atoms with Crippen molar-refractivity contribution in [2.45, 2.75) is 58.9 Å². The first-order valence-corrected chi connectivity index (χ1v) is 15.3. The molecule has 4 aromatic rings. The van der Waals surface area contributed by atoms with E-state index < -0.39 is 5.97 Å². The number of aromatic nitrogens is 4. The van der Waals surface area contributed by atoms with Crippen LogP contribution >= 0.6 is 11.3 Å². The van der Waals surface area contributed by atoms with Gasteiger partial charge in [0.15, 0.2) is 0 Å². The van der Waals surface area contributed by atoms with E-state index in [2.05, 4.69) is 59.1 Å². The number of piperidine rings is 1. The summed E-state index contributed by atoms with van der Waals surface area (Å²) in [6, 6.07) is 8.17.